The molecule has 0 radical (unpaired) electrons. The number of nitrogens with one attached hydrogen (secondary N) is 2. The number of nitrogens with zero attached hydrogens (tertiary/aromatic N) is 2. The van der Waals surface area contributed by atoms with Crippen LogP contribution in [0.3, 0.4) is 0 Å². The van der Waals surface area contributed by atoms with Crippen LogP contribution in [0.4, 0.5) is 5.69 Å². The number of anilines is 1. The van der Waals surface area contributed by atoms with Gasteiger partial charge < -0.3 is 10.1 Å². The molecule has 0 aliphatic heterocycles. The summed E-state index contributed by atoms with van der Waals surface area (Å²) >= 11 is 6.09. The van der Waals surface area contributed by atoms with Crippen LogP contribution in [-0.4, -0.2) is 28.4 Å². The zero-order valence-corrected chi connectivity index (χ0v) is 13.9. The molecule has 2 N–H and O–H groups in total. The third kappa shape index (κ3) is 3.09. The first-order chi connectivity index (χ1) is 11.6. The van der Waals surface area contributed by atoms with Crippen molar-refractivity contribution in [3.05, 3.63) is 58.7 Å². The van der Waals surface area contributed by atoms with Crippen LogP contribution in [0.2, 0.25) is 5.02 Å². The number of aryl methyl sites for hydroxylation is 1. The summed E-state index contributed by atoms with van der Waals surface area (Å²) in [5.41, 5.74) is 2.84. The van der Waals surface area contributed by atoms with Gasteiger partial charge in [-0.3, -0.25) is 4.79 Å². The smallest absolute Gasteiger partial charge is 0.278 e. The standard InChI is InChI=1S/C17H15ClN4O2/c1-10-8-13(14(24-2)9-12(10)18)19-17(23)16-15(20-22-21-16)11-6-4-3-5-7-11/h3-9H,1-2H3,(H,19,23)(H,20,21,22). The van der Waals surface area contributed by atoms with Gasteiger partial charge in [0.2, 0.25) is 0 Å². The van der Waals surface area contributed by atoms with Crippen molar-refractivity contribution in [1.29, 1.82) is 0 Å². The number of hydrogen-bond acceptors (Lipinski definition) is 4. The fourth-order valence-electron chi connectivity index (χ4n) is 2.30. The van der Waals surface area contributed by atoms with Crippen molar-refractivity contribution in [2.45, 2.75) is 6.92 Å². The molecular formula is C17H15ClN4O2. The third-order valence-electron chi connectivity index (χ3n) is 3.54. The van der Waals surface area contributed by atoms with Gasteiger partial charge in [0.05, 0.1) is 12.8 Å². The lowest BCUT2D eigenvalue weighted by Crippen LogP contribution is -2.14. The molecule has 7 heteroatoms. The summed E-state index contributed by atoms with van der Waals surface area (Å²) in [6.07, 6.45) is 0. The number of rotatable bonds is 4. The Morgan fingerprint density at radius 3 is 2.67 bits per heavy atom. The molecule has 3 aromatic rings. The molecule has 6 nitrogen and oxygen atoms in total. The van der Waals surface area contributed by atoms with Gasteiger partial charge in [0.1, 0.15) is 11.4 Å². The van der Waals surface area contributed by atoms with Crippen LogP contribution in [0.1, 0.15) is 16.1 Å². The number of carbonyl (C=O) groups excluding carboxylic acids is 1. The van der Waals surface area contributed by atoms with Crippen LogP contribution >= 0.6 is 11.6 Å². The Bertz CT molecular complexity index is 878. The lowest BCUT2D eigenvalue weighted by Gasteiger charge is -2.11. The molecule has 0 spiro atoms. The largest absolute Gasteiger partial charge is 0.495 e. The fourth-order valence-corrected chi connectivity index (χ4v) is 2.45. The summed E-state index contributed by atoms with van der Waals surface area (Å²) in [6.45, 7) is 1.85. The summed E-state index contributed by atoms with van der Waals surface area (Å²) in [6, 6.07) is 12.8. The van der Waals surface area contributed by atoms with Crippen LogP contribution in [0.25, 0.3) is 11.3 Å². The van der Waals surface area contributed by atoms with E-state index in [9.17, 15) is 4.79 Å². The minimum atomic E-state index is -0.386. The van der Waals surface area contributed by atoms with Gasteiger partial charge in [0, 0.05) is 16.7 Å². The number of benzene rings is 2. The summed E-state index contributed by atoms with van der Waals surface area (Å²) < 4.78 is 5.27. The monoisotopic (exact) mass is 342 g/mol. The highest BCUT2D eigenvalue weighted by Gasteiger charge is 2.19. The second-order valence-corrected chi connectivity index (χ2v) is 5.55. The molecule has 0 fully saturated rings. The molecule has 0 aliphatic carbocycles. The third-order valence-corrected chi connectivity index (χ3v) is 3.95. The highest BCUT2D eigenvalue weighted by Crippen LogP contribution is 2.31. The Kier molecular flexibility index (Phi) is 4.48. The van der Waals surface area contributed by atoms with Gasteiger partial charge in [-0.15, -0.1) is 0 Å². The van der Waals surface area contributed by atoms with Gasteiger partial charge in [-0.1, -0.05) is 41.9 Å². The van der Waals surface area contributed by atoms with E-state index in [1.165, 1.54) is 7.11 Å². The first-order valence-corrected chi connectivity index (χ1v) is 7.59. The first-order valence-electron chi connectivity index (χ1n) is 7.22. The number of aromatic amines is 1. The highest BCUT2D eigenvalue weighted by atomic mass is 35.5. The molecule has 1 aromatic heterocycles. The van der Waals surface area contributed by atoms with Crippen LogP contribution < -0.4 is 10.1 Å². The Morgan fingerprint density at radius 1 is 1.21 bits per heavy atom. The summed E-state index contributed by atoms with van der Waals surface area (Å²) in [7, 11) is 1.52. The number of halogens is 1. The quantitative estimate of drug-likeness (QED) is 0.757. The van der Waals surface area contributed by atoms with Crippen molar-refractivity contribution < 1.29 is 9.53 Å². The zero-order valence-electron chi connectivity index (χ0n) is 13.1. The number of carbonyl (C=O) groups is 1. The van der Waals surface area contributed by atoms with E-state index in [2.05, 4.69) is 20.7 Å². The lowest BCUT2D eigenvalue weighted by atomic mass is 10.1. The lowest BCUT2D eigenvalue weighted by molar-refractivity contribution is 0.102. The maximum absolute atomic E-state index is 12.6. The van der Waals surface area contributed by atoms with E-state index in [0.717, 1.165) is 11.1 Å². The average molecular weight is 343 g/mol. The predicted octanol–water partition coefficient (Wildman–Crippen LogP) is 3.69. The van der Waals surface area contributed by atoms with E-state index in [1.54, 1.807) is 12.1 Å². The average Bonchev–Trinajstić information content (AvgIpc) is 3.08. The number of methoxy groups -OCH3 is 1. The van der Waals surface area contributed by atoms with E-state index in [1.807, 2.05) is 37.3 Å². The maximum Gasteiger partial charge on any atom is 0.278 e. The van der Waals surface area contributed by atoms with Gasteiger partial charge in [0.25, 0.3) is 5.91 Å². The Hall–Kier alpha value is -2.86. The SMILES string of the molecule is COc1cc(Cl)c(C)cc1NC(=O)c1n[nH]nc1-c1ccccc1. The van der Waals surface area contributed by atoms with Crippen molar-refractivity contribution in [2.24, 2.45) is 0 Å². The molecule has 0 aliphatic rings. The topological polar surface area (TPSA) is 79.9 Å². The van der Waals surface area contributed by atoms with Crippen LogP contribution in [-0.2, 0) is 0 Å². The van der Waals surface area contributed by atoms with Gasteiger partial charge in [-0.2, -0.15) is 15.4 Å². The van der Waals surface area contributed by atoms with E-state index in [4.69, 9.17) is 16.3 Å². The van der Waals surface area contributed by atoms with Crippen LogP contribution in [0, 0.1) is 6.92 Å². The number of amides is 1. The zero-order chi connectivity index (χ0) is 17.1. The van der Waals surface area contributed by atoms with E-state index in [-0.39, 0.29) is 11.6 Å². The van der Waals surface area contributed by atoms with Crippen molar-refractivity contribution in [3.8, 4) is 17.0 Å². The minimum Gasteiger partial charge on any atom is -0.495 e. The predicted molar refractivity (Wildman–Crippen MR) is 92.5 cm³/mol. The Balaban J connectivity index is 1.93. The summed E-state index contributed by atoms with van der Waals surface area (Å²) in [5.74, 6) is 0.0892. The van der Waals surface area contributed by atoms with Crippen molar-refractivity contribution in [2.75, 3.05) is 12.4 Å². The van der Waals surface area contributed by atoms with Crippen LogP contribution in [0.5, 0.6) is 5.75 Å². The molecule has 122 valence electrons. The molecule has 2 aromatic carbocycles. The van der Waals surface area contributed by atoms with Crippen molar-refractivity contribution in [1.82, 2.24) is 15.4 Å². The van der Waals surface area contributed by atoms with Crippen LogP contribution in [0.15, 0.2) is 42.5 Å². The number of hydrogen-bond donors (Lipinski definition) is 2. The number of ether oxygens (including phenoxy) is 1. The second kappa shape index (κ2) is 6.72. The van der Waals surface area contributed by atoms with E-state index in [0.29, 0.717) is 22.2 Å². The highest BCUT2D eigenvalue weighted by molar-refractivity contribution is 6.31. The fraction of sp³-hybridized carbons (Fsp3) is 0.118. The normalized spacial score (nSPS) is 10.5. The molecule has 24 heavy (non-hydrogen) atoms. The molecule has 1 heterocycles. The maximum atomic E-state index is 12.6. The van der Waals surface area contributed by atoms with Gasteiger partial charge in [-0.05, 0) is 18.6 Å². The van der Waals surface area contributed by atoms with E-state index >= 15 is 0 Å². The molecule has 0 bridgehead atoms. The molecular weight excluding hydrogens is 328 g/mol. The molecule has 1 amide bonds. The van der Waals surface area contributed by atoms with Crippen molar-refractivity contribution >= 4 is 23.2 Å². The van der Waals surface area contributed by atoms with Gasteiger partial charge in [-0.25, -0.2) is 0 Å². The summed E-state index contributed by atoms with van der Waals surface area (Å²) in [5, 5.41) is 13.9. The molecule has 0 saturated carbocycles. The number of H-pyrrole nitrogens is 1. The number of aromatic nitrogens is 3. The van der Waals surface area contributed by atoms with Crippen molar-refractivity contribution in [3.63, 3.8) is 0 Å². The Labute approximate surface area is 143 Å². The molecule has 0 atom stereocenters. The first kappa shape index (κ1) is 16.0. The van der Waals surface area contributed by atoms with E-state index < -0.39 is 0 Å². The van der Waals surface area contributed by atoms with Gasteiger partial charge in [0.15, 0.2) is 5.69 Å². The Morgan fingerprint density at radius 2 is 1.96 bits per heavy atom. The summed E-state index contributed by atoms with van der Waals surface area (Å²) in [4.78, 5) is 12.6. The molecule has 0 saturated heterocycles. The molecule has 0 unspecified atom stereocenters. The minimum absolute atomic E-state index is 0.204. The molecule has 3 rings (SSSR count). The van der Waals surface area contributed by atoms with Gasteiger partial charge >= 0.3 is 0 Å². The second-order valence-electron chi connectivity index (χ2n) is 5.14.